The lowest BCUT2D eigenvalue weighted by molar-refractivity contribution is -0.129. The van der Waals surface area contributed by atoms with Crippen LogP contribution in [0.5, 0.6) is 0 Å². The molecule has 0 aromatic heterocycles. The van der Waals surface area contributed by atoms with E-state index in [0.29, 0.717) is 18.6 Å². The number of amides is 1. The third-order valence-electron chi connectivity index (χ3n) is 4.19. The van der Waals surface area contributed by atoms with Crippen LogP contribution in [0, 0.1) is 0 Å². The number of hydrogen-bond donors (Lipinski definition) is 1. The molecule has 1 rings (SSSR count). The molecule has 0 aromatic rings. The van der Waals surface area contributed by atoms with Gasteiger partial charge >= 0.3 is 0 Å². The largest absolute Gasteiger partial charge is 0.343 e. The van der Waals surface area contributed by atoms with Crippen molar-refractivity contribution in [2.45, 2.75) is 38.8 Å². The molecule has 1 fully saturated rings. The summed E-state index contributed by atoms with van der Waals surface area (Å²) < 4.78 is 0. The van der Waals surface area contributed by atoms with Crippen molar-refractivity contribution in [3.8, 4) is 0 Å². The molecule has 20 heavy (non-hydrogen) atoms. The van der Waals surface area contributed by atoms with E-state index < -0.39 is 0 Å². The summed E-state index contributed by atoms with van der Waals surface area (Å²) in [6.07, 6.45) is 2.47. The third kappa shape index (κ3) is 6.20. The molecule has 118 valence electrons. The minimum atomic E-state index is 0.176. The summed E-state index contributed by atoms with van der Waals surface area (Å²) in [5.74, 6) is 0.176. The van der Waals surface area contributed by atoms with Crippen molar-refractivity contribution >= 4 is 5.91 Å². The van der Waals surface area contributed by atoms with Gasteiger partial charge in [0, 0.05) is 32.2 Å². The van der Waals surface area contributed by atoms with Gasteiger partial charge in [0.1, 0.15) is 0 Å². The molecular formula is C15H32N4O. The summed E-state index contributed by atoms with van der Waals surface area (Å²) in [4.78, 5) is 18.5. The maximum absolute atomic E-state index is 11.9. The number of nitrogens with zero attached hydrogens (tertiary/aromatic N) is 3. The van der Waals surface area contributed by atoms with Gasteiger partial charge in [-0.05, 0) is 40.0 Å². The first kappa shape index (κ1) is 17.4. The fraction of sp³-hybridized carbons (Fsp3) is 0.933. The Morgan fingerprint density at radius 3 is 2.40 bits per heavy atom. The molecule has 1 heterocycles. The summed E-state index contributed by atoms with van der Waals surface area (Å²) in [7, 11) is 6.26. The highest BCUT2D eigenvalue weighted by Crippen LogP contribution is 2.13. The van der Waals surface area contributed by atoms with Crippen LogP contribution in [-0.4, -0.2) is 86.6 Å². The fourth-order valence-electron chi connectivity index (χ4n) is 2.48. The molecule has 0 aliphatic carbocycles. The maximum atomic E-state index is 11.9. The topological polar surface area (TPSA) is 38.8 Å². The molecule has 0 saturated carbocycles. The van der Waals surface area contributed by atoms with Gasteiger partial charge in [0.15, 0.2) is 0 Å². The summed E-state index contributed by atoms with van der Waals surface area (Å²) in [5.41, 5.74) is 0. The molecule has 0 spiro atoms. The molecule has 0 radical (unpaired) electrons. The zero-order valence-electron chi connectivity index (χ0n) is 13.9. The summed E-state index contributed by atoms with van der Waals surface area (Å²) >= 11 is 0. The van der Waals surface area contributed by atoms with Crippen molar-refractivity contribution in [3.05, 3.63) is 0 Å². The van der Waals surface area contributed by atoms with Crippen LogP contribution in [-0.2, 0) is 4.79 Å². The van der Waals surface area contributed by atoms with E-state index >= 15 is 0 Å². The van der Waals surface area contributed by atoms with Gasteiger partial charge in [0.05, 0.1) is 6.54 Å². The Morgan fingerprint density at radius 2 is 1.85 bits per heavy atom. The second-order valence-corrected chi connectivity index (χ2v) is 6.37. The summed E-state index contributed by atoms with van der Waals surface area (Å²) in [5, 5.41) is 3.17. The molecule has 5 heteroatoms. The van der Waals surface area contributed by atoms with E-state index in [2.05, 4.69) is 43.1 Å². The van der Waals surface area contributed by atoms with Gasteiger partial charge in [-0.25, -0.2) is 0 Å². The highest BCUT2D eigenvalue weighted by Gasteiger charge is 2.20. The van der Waals surface area contributed by atoms with Crippen LogP contribution in [0.15, 0.2) is 0 Å². The van der Waals surface area contributed by atoms with Gasteiger partial charge in [-0.15, -0.1) is 0 Å². The van der Waals surface area contributed by atoms with Gasteiger partial charge in [0.2, 0.25) is 5.91 Å². The van der Waals surface area contributed by atoms with Crippen molar-refractivity contribution in [1.82, 2.24) is 20.0 Å². The van der Waals surface area contributed by atoms with Crippen LogP contribution in [0.25, 0.3) is 0 Å². The Balaban J connectivity index is 2.22. The first-order valence-electron chi connectivity index (χ1n) is 7.76. The number of carbonyl (C=O) groups excluding carboxylic acids is 1. The number of hydrogen-bond acceptors (Lipinski definition) is 4. The highest BCUT2D eigenvalue weighted by atomic mass is 16.2. The minimum Gasteiger partial charge on any atom is -0.343 e. The van der Waals surface area contributed by atoms with E-state index in [4.69, 9.17) is 0 Å². The zero-order chi connectivity index (χ0) is 15.1. The third-order valence-corrected chi connectivity index (χ3v) is 4.19. The smallest absolute Gasteiger partial charge is 0.236 e. The van der Waals surface area contributed by atoms with Crippen LogP contribution >= 0.6 is 0 Å². The first-order valence-corrected chi connectivity index (χ1v) is 7.76. The van der Waals surface area contributed by atoms with Crippen LogP contribution < -0.4 is 5.32 Å². The Morgan fingerprint density at radius 1 is 1.25 bits per heavy atom. The Hall–Kier alpha value is -0.650. The van der Waals surface area contributed by atoms with E-state index in [-0.39, 0.29) is 5.91 Å². The van der Waals surface area contributed by atoms with Crippen LogP contribution in [0.4, 0.5) is 0 Å². The van der Waals surface area contributed by atoms with E-state index in [9.17, 15) is 4.79 Å². The molecule has 0 unspecified atom stereocenters. The van der Waals surface area contributed by atoms with Crippen molar-refractivity contribution in [1.29, 1.82) is 0 Å². The second kappa shape index (κ2) is 8.60. The molecule has 1 amide bonds. The summed E-state index contributed by atoms with van der Waals surface area (Å²) in [6, 6.07) is 1.03. The van der Waals surface area contributed by atoms with Crippen molar-refractivity contribution < 1.29 is 4.79 Å². The number of likely N-dealkylation sites (N-methyl/N-ethyl adjacent to an activating group) is 2. The molecule has 0 aromatic carbocycles. The highest BCUT2D eigenvalue weighted by molar-refractivity contribution is 5.77. The first-order chi connectivity index (χ1) is 9.40. The Bertz CT molecular complexity index is 288. The number of rotatable bonds is 7. The zero-order valence-corrected chi connectivity index (χ0v) is 13.9. The predicted octanol–water partition coefficient (Wildman–Crippen LogP) is 0.469. The lowest BCUT2D eigenvalue weighted by atomic mass is 10.0. The van der Waals surface area contributed by atoms with Crippen LogP contribution in [0.1, 0.15) is 26.7 Å². The van der Waals surface area contributed by atoms with Gasteiger partial charge in [-0.1, -0.05) is 13.8 Å². The molecule has 5 nitrogen and oxygen atoms in total. The molecule has 0 bridgehead atoms. The Kier molecular flexibility index (Phi) is 7.48. The molecule has 1 aliphatic heterocycles. The van der Waals surface area contributed by atoms with E-state index in [0.717, 1.165) is 13.1 Å². The maximum Gasteiger partial charge on any atom is 0.236 e. The standard InChI is InChI=1S/C15H32N4O/c1-13(2)16-12-15(20)19(5)11-10-18(4)14-6-8-17(3)9-7-14/h13-14,16H,6-12H2,1-5H3. The summed E-state index contributed by atoms with van der Waals surface area (Å²) in [6.45, 7) is 8.68. The van der Waals surface area contributed by atoms with Crippen LogP contribution in [0.3, 0.4) is 0 Å². The normalized spacial score (nSPS) is 17.9. The predicted molar refractivity (Wildman–Crippen MR) is 83.9 cm³/mol. The van der Waals surface area contributed by atoms with Gasteiger partial charge in [0.25, 0.3) is 0 Å². The number of piperidine rings is 1. The van der Waals surface area contributed by atoms with Crippen molar-refractivity contribution in [3.63, 3.8) is 0 Å². The molecular weight excluding hydrogens is 252 g/mol. The lowest BCUT2D eigenvalue weighted by Crippen LogP contribution is -2.46. The van der Waals surface area contributed by atoms with Gasteiger partial charge < -0.3 is 20.0 Å². The fourth-order valence-corrected chi connectivity index (χ4v) is 2.48. The number of carbonyl (C=O) groups is 1. The van der Waals surface area contributed by atoms with Crippen molar-refractivity contribution in [2.24, 2.45) is 0 Å². The van der Waals surface area contributed by atoms with E-state index in [1.807, 2.05) is 11.9 Å². The van der Waals surface area contributed by atoms with Gasteiger partial charge in [-0.3, -0.25) is 4.79 Å². The second-order valence-electron chi connectivity index (χ2n) is 6.37. The van der Waals surface area contributed by atoms with Crippen molar-refractivity contribution in [2.75, 3.05) is 53.9 Å². The SMILES string of the molecule is CC(C)NCC(=O)N(C)CCN(C)C1CCN(C)CC1. The van der Waals surface area contributed by atoms with E-state index in [1.165, 1.54) is 25.9 Å². The van der Waals surface area contributed by atoms with Gasteiger partial charge in [-0.2, -0.15) is 0 Å². The lowest BCUT2D eigenvalue weighted by Gasteiger charge is -2.35. The van der Waals surface area contributed by atoms with Crippen LogP contribution in [0.2, 0.25) is 0 Å². The number of nitrogens with one attached hydrogen (secondary N) is 1. The molecule has 1 N–H and O–H groups in total. The monoisotopic (exact) mass is 284 g/mol. The molecule has 1 saturated heterocycles. The van der Waals surface area contributed by atoms with E-state index in [1.54, 1.807) is 0 Å². The minimum absolute atomic E-state index is 0.176. The molecule has 0 atom stereocenters. The number of likely N-dealkylation sites (tertiary alicyclic amines) is 1. The average molecular weight is 284 g/mol. The molecule has 1 aliphatic rings. The average Bonchev–Trinajstić information content (AvgIpc) is 2.42. The quantitative estimate of drug-likeness (QED) is 0.738. The Labute approximate surface area is 124 Å².